The van der Waals surface area contributed by atoms with E-state index < -0.39 is 0 Å². The van der Waals surface area contributed by atoms with E-state index in [9.17, 15) is 4.79 Å². The summed E-state index contributed by atoms with van der Waals surface area (Å²) in [5.41, 5.74) is 2.34. The zero-order chi connectivity index (χ0) is 20.5. The number of anilines is 2. The fraction of sp³-hybridized carbons (Fsp3) is 0.261. The van der Waals surface area contributed by atoms with E-state index >= 15 is 0 Å². The average molecular weight is 390 g/mol. The van der Waals surface area contributed by atoms with Crippen molar-refractivity contribution in [1.29, 1.82) is 0 Å². The molecule has 0 spiro atoms. The molecule has 0 saturated heterocycles. The minimum absolute atomic E-state index is 0.0480. The highest BCUT2D eigenvalue weighted by Crippen LogP contribution is 2.26. The fourth-order valence-corrected chi connectivity index (χ4v) is 2.82. The number of nitrogens with zero attached hydrogens (tertiary/aromatic N) is 2. The summed E-state index contributed by atoms with van der Waals surface area (Å²) in [6.07, 6.45) is 3.41. The van der Waals surface area contributed by atoms with Crippen molar-refractivity contribution in [2.45, 2.75) is 32.8 Å². The number of aromatic nitrogens is 2. The summed E-state index contributed by atoms with van der Waals surface area (Å²) in [6.45, 7) is 4.53. The lowest BCUT2D eigenvalue weighted by Gasteiger charge is -2.14. The minimum atomic E-state index is -0.213. The Morgan fingerprint density at radius 2 is 1.79 bits per heavy atom. The standard InChI is InChI=1S/C23H26N4O2/c1-17(2)29-21-13-7-6-12-19(21)26-23-25-16-14-20(27-23)22(28)24-15-8-11-18-9-4-3-5-10-18/h3-7,9-10,12-14,16-17H,8,11,15H2,1-2H3,(H,24,28)(H,25,26,27). The van der Waals surface area contributed by atoms with Crippen LogP contribution in [-0.2, 0) is 6.42 Å². The molecule has 1 amide bonds. The van der Waals surface area contributed by atoms with Gasteiger partial charge in [0.2, 0.25) is 5.95 Å². The van der Waals surface area contributed by atoms with Gasteiger partial charge in [0.15, 0.2) is 0 Å². The number of ether oxygens (including phenoxy) is 1. The van der Waals surface area contributed by atoms with Crippen molar-refractivity contribution in [3.63, 3.8) is 0 Å². The molecule has 0 saturated carbocycles. The highest BCUT2D eigenvalue weighted by atomic mass is 16.5. The Labute approximate surface area is 171 Å². The molecule has 0 aliphatic carbocycles. The van der Waals surface area contributed by atoms with E-state index in [2.05, 4.69) is 32.7 Å². The third-order valence-corrected chi connectivity index (χ3v) is 4.16. The summed E-state index contributed by atoms with van der Waals surface area (Å²) in [5, 5.41) is 6.05. The van der Waals surface area contributed by atoms with Crippen molar-refractivity contribution in [3.05, 3.63) is 78.1 Å². The topological polar surface area (TPSA) is 76.1 Å². The van der Waals surface area contributed by atoms with Gasteiger partial charge in [-0.25, -0.2) is 9.97 Å². The van der Waals surface area contributed by atoms with Gasteiger partial charge in [-0.2, -0.15) is 0 Å². The Bertz CT molecular complexity index is 929. The predicted octanol–water partition coefficient (Wildman–Crippen LogP) is 4.37. The van der Waals surface area contributed by atoms with Gasteiger partial charge in [-0.3, -0.25) is 4.79 Å². The van der Waals surface area contributed by atoms with Crippen LogP contribution < -0.4 is 15.4 Å². The van der Waals surface area contributed by atoms with Gasteiger partial charge >= 0.3 is 0 Å². The molecule has 6 heteroatoms. The second kappa shape index (κ2) is 10.2. The van der Waals surface area contributed by atoms with Gasteiger partial charge in [0.25, 0.3) is 5.91 Å². The van der Waals surface area contributed by atoms with Crippen molar-refractivity contribution < 1.29 is 9.53 Å². The molecule has 3 aromatic rings. The number of para-hydroxylation sites is 2. The molecular weight excluding hydrogens is 364 g/mol. The first-order valence-corrected chi connectivity index (χ1v) is 9.79. The molecule has 29 heavy (non-hydrogen) atoms. The first kappa shape index (κ1) is 20.3. The zero-order valence-corrected chi connectivity index (χ0v) is 16.8. The van der Waals surface area contributed by atoms with Crippen molar-refractivity contribution in [1.82, 2.24) is 15.3 Å². The molecular formula is C23H26N4O2. The van der Waals surface area contributed by atoms with Gasteiger partial charge in [-0.15, -0.1) is 0 Å². The molecule has 2 N–H and O–H groups in total. The van der Waals surface area contributed by atoms with Gasteiger partial charge in [-0.1, -0.05) is 42.5 Å². The first-order chi connectivity index (χ1) is 14.1. The van der Waals surface area contributed by atoms with Crippen LogP contribution in [0.1, 0.15) is 36.3 Å². The summed E-state index contributed by atoms with van der Waals surface area (Å²) in [6, 6.07) is 19.4. The van der Waals surface area contributed by atoms with E-state index in [0.717, 1.165) is 18.5 Å². The summed E-state index contributed by atoms with van der Waals surface area (Å²) in [7, 11) is 0. The highest BCUT2D eigenvalue weighted by molar-refractivity contribution is 5.92. The van der Waals surface area contributed by atoms with E-state index in [4.69, 9.17) is 4.74 Å². The predicted molar refractivity (Wildman–Crippen MR) is 115 cm³/mol. The summed E-state index contributed by atoms with van der Waals surface area (Å²) in [4.78, 5) is 21.0. The second-order valence-corrected chi connectivity index (χ2v) is 6.90. The van der Waals surface area contributed by atoms with E-state index in [1.165, 1.54) is 5.56 Å². The number of benzene rings is 2. The van der Waals surface area contributed by atoms with Crippen LogP contribution in [0.25, 0.3) is 0 Å². The number of hydrogen-bond donors (Lipinski definition) is 2. The molecule has 0 aliphatic rings. The molecule has 0 bridgehead atoms. The molecule has 0 fully saturated rings. The number of nitrogens with one attached hydrogen (secondary N) is 2. The molecule has 6 nitrogen and oxygen atoms in total. The third kappa shape index (κ3) is 6.31. The van der Waals surface area contributed by atoms with E-state index in [1.807, 2.05) is 56.3 Å². The van der Waals surface area contributed by atoms with E-state index in [-0.39, 0.29) is 12.0 Å². The molecule has 3 rings (SSSR count). The molecule has 2 aromatic carbocycles. The summed E-state index contributed by atoms with van der Waals surface area (Å²) >= 11 is 0. The summed E-state index contributed by atoms with van der Waals surface area (Å²) in [5.74, 6) is 0.846. The molecule has 150 valence electrons. The van der Waals surface area contributed by atoms with Gasteiger partial charge in [0, 0.05) is 12.7 Å². The lowest BCUT2D eigenvalue weighted by atomic mass is 10.1. The van der Waals surface area contributed by atoms with Crippen LogP contribution in [0.15, 0.2) is 66.9 Å². The second-order valence-electron chi connectivity index (χ2n) is 6.90. The Morgan fingerprint density at radius 3 is 2.59 bits per heavy atom. The van der Waals surface area contributed by atoms with Crippen LogP contribution in [0.2, 0.25) is 0 Å². The maximum atomic E-state index is 12.4. The smallest absolute Gasteiger partial charge is 0.270 e. The fourth-order valence-electron chi connectivity index (χ4n) is 2.82. The van der Waals surface area contributed by atoms with Crippen LogP contribution in [0, 0.1) is 0 Å². The van der Waals surface area contributed by atoms with Crippen LogP contribution in [0.5, 0.6) is 5.75 Å². The number of rotatable bonds is 9. The van der Waals surface area contributed by atoms with Crippen LogP contribution in [-0.4, -0.2) is 28.5 Å². The van der Waals surface area contributed by atoms with E-state index in [0.29, 0.717) is 23.9 Å². The van der Waals surface area contributed by atoms with Crippen molar-refractivity contribution in [2.75, 3.05) is 11.9 Å². The molecule has 0 radical (unpaired) electrons. The zero-order valence-electron chi connectivity index (χ0n) is 16.8. The molecule has 1 heterocycles. The van der Waals surface area contributed by atoms with Crippen LogP contribution >= 0.6 is 0 Å². The average Bonchev–Trinajstić information content (AvgIpc) is 2.73. The monoisotopic (exact) mass is 390 g/mol. The van der Waals surface area contributed by atoms with Crippen LogP contribution in [0.4, 0.5) is 11.6 Å². The van der Waals surface area contributed by atoms with E-state index in [1.54, 1.807) is 12.3 Å². The van der Waals surface area contributed by atoms with Crippen LogP contribution in [0.3, 0.4) is 0 Å². The van der Waals surface area contributed by atoms with Gasteiger partial charge in [-0.05, 0) is 50.5 Å². The Kier molecular flexibility index (Phi) is 7.16. The highest BCUT2D eigenvalue weighted by Gasteiger charge is 2.10. The number of carbonyl (C=O) groups excluding carboxylic acids is 1. The maximum Gasteiger partial charge on any atom is 0.270 e. The molecule has 0 atom stereocenters. The number of amides is 1. The van der Waals surface area contributed by atoms with Gasteiger partial charge < -0.3 is 15.4 Å². The van der Waals surface area contributed by atoms with Gasteiger partial charge in [0.05, 0.1) is 11.8 Å². The Hall–Kier alpha value is -3.41. The number of carbonyl (C=O) groups is 1. The van der Waals surface area contributed by atoms with Crippen molar-refractivity contribution >= 4 is 17.5 Å². The third-order valence-electron chi connectivity index (χ3n) is 4.16. The maximum absolute atomic E-state index is 12.4. The Balaban J connectivity index is 1.57. The van der Waals surface area contributed by atoms with Crippen molar-refractivity contribution in [2.24, 2.45) is 0 Å². The Morgan fingerprint density at radius 1 is 1.03 bits per heavy atom. The normalized spacial score (nSPS) is 10.6. The molecule has 0 unspecified atom stereocenters. The largest absolute Gasteiger partial charge is 0.489 e. The number of aryl methyl sites for hydroxylation is 1. The van der Waals surface area contributed by atoms with Gasteiger partial charge in [0.1, 0.15) is 11.4 Å². The lowest BCUT2D eigenvalue weighted by Crippen LogP contribution is -2.26. The molecule has 1 aromatic heterocycles. The lowest BCUT2D eigenvalue weighted by molar-refractivity contribution is 0.0948. The number of hydrogen-bond acceptors (Lipinski definition) is 5. The summed E-state index contributed by atoms with van der Waals surface area (Å²) < 4.78 is 5.80. The molecule has 0 aliphatic heterocycles. The van der Waals surface area contributed by atoms with Crippen molar-refractivity contribution in [3.8, 4) is 5.75 Å². The minimum Gasteiger partial charge on any atom is -0.489 e. The quantitative estimate of drug-likeness (QED) is 0.531. The SMILES string of the molecule is CC(C)Oc1ccccc1Nc1nccc(C(=O)NCCCc2ccccc2)n1. The first-order valence-electron chi connectivity index (χ1n) is 9.79.